The Bertz CT molecular complexity index is 839. The summed E-state index contributed by atoms with van der Waals surface area (Å²) >= 11 is 0. The molecule has 0 atom stereocenters. The lowest BCUT2D eigenvalue weighted by atomic mass is 9.40. The molecule has 0 nitrogen and oxygen atoms in total. The molecule has 0 heterocycles. The Kier molecular flexibility index (Phi) is 5.72. The molecule has 0 N–H and O–H groups in total. The van der Waals surface area contributed by atoms with Crippen molar-refractivity contribution < 1.29 is 43.9 Å². The molecule has 0 aliphatic carbocycles. The summed E-state index contributed by atoms with van der Waals surface area (Å²) in [5.74, 6) is -24.4. The topological polar surface area (TPSA) is 0 Å². The van der Waals surface area contributed by atoms with Crippen molar-refractivity contribution in [1.29, 1.82) is 0 Å². The third-order valence-corrected chi connectivity index (χ3v) is 3.55. The van der Waals surface area contributed by atoms with Gasteiger partial charge < -0.3 is 0 Å². The van der Waals surface area contributed by atoms with Crippen molar-refractivity contribution in [3.8, 4) is 0 Å². The summed E-state index contributed by atoms with van der Waals surface area (Å²) in [6.45, 7) is 0.586. The molecule has 2 rings (SSSR count). The van der Waals surface area contributed by atoms with Gasteiger partial charge in [-0.05, 0) is 0 Å². The molecule has 0 spiro atoms. The van der Waals surface area contributed by atoms with Crippen LogP contribution in [0.25, 0.3) is 0 Å². The molecule has 142 valence electrons. The van der Waals surface area contributed by atoms with Crippen molar-refractivity contribution in [2.45, 2.75) is 0 Å². The van der Waals surface area contributed by atoms with Crippen LogP contribution in [0.15, 0.2) is 24.7 Å². The minimum atomic E-state index is -2.56. The summed E-state index contributed by atoms with van der Waals surface area (Å²) < 4.78 is 136. The first kappa shape index (κ1) is 20.6. The van der Waals surface area contributed by atoms with Crippen LogP contribution in [0.3, 0.4) is 0 Å². The second-order valence-electron chi connectivity index (χ2n) is 5.07. The van der Waals surface area contributed by atoms with Gasteiger partial charge in [-0.3, -0.25) is 0 Å². The molecule has 0 aliphatic rings. The normalized spacial score (nSPS) is 11.3. The Balaban J connectivity index is 2.98. The molecule has 0 amide bonds. The van der Waals surface area contributed by atoms with E-state index < -0.39 is 75.8 Å². The summed E-state index contributed by atoms with van der Waals surface area (Å²) in [5.41, 5.74) is -3.60. The van der Waals surface area contributed by atoms with E-state index in [9.17, 15) is 43.9 Å². The van der Waals surface area contributed by atoms with E-state index in [0.717, 1.165) is 12.2 Å². The summed E-state index contributed by atoms with van der Waals surface area (Å²) in [4.78, 5) is 0. The zero-order chi connectivity index (χ0) is 20.6. The van der Waals surface area contributed by atoms with E-state index in [1.54, 1.807) is 0 Å². The van der Waals surface area contributed by atoms with E-state index in [1.807, 2.05) is 0 Å². The standard InChI is InChI=1S/C16H5BF10/c1-2-3-4-17(5-7(18)11(22)15(26)12(23)8(5)19)6-9(20)13(24)16(27)14(25)10(6)21/h2-4H,1H2/b4-3+. The van der Waals surface area contributed by atoms with Crippen LogP contribution < -0.4 is 10.9 Å². The Morgan fingerprint density at radius 3 is 1.00 bits per heavy atom. The van der Waals surface area contributed by atoms with Crippen molar-refractivity contribution in [2.75, 3.05) is 0 Å². The van der Waals surface area contributed by atoms with Crippen molar-refractivity contribution in [3.63, 3.8) is 0 Å². The smallest absolute Gasteiger partial charge is 0.204 e. The lowest BCUT2D eigenvalue weighted by Crippen LogP contribution is -2.49. The monoisotopic (exact) mass is 398 g/mol. The van der Waals surface area contributed by atoms with Crippen LogP contribution in [0.2, 0.25) is 0 Å². The molecule has 27 heavy (non-hydrogen) atoms. The van der Waals surface area contributed by atoms with Crippen LogP contribution in [-0.2, 0) is 0 Å². The molecular formula is C16H5BF10. The second-order valence-corrected chi connectivity index (χ2v) is 5.07. The van der Waals surface area contributed by atoms with Crippen LogP contribution in [-0.4, -0.2) is 6.71 Å². The quantitative estimate of drug-likeness (QED) is 0.241. The molecule has 0 unspecified atom stereocenters. The fraction of sp³-hybridized carbons (Fsp3) is 0. The lowest BCUT2D eigenvalue weighted by molar-refractivity contribution is 0.382. The Labute approximate surface area is 145 Å². The van der Waals surface area contributed by atoms with Gasteiger partial charge in [-0.15, -0.1) is 5.98 Å². The number of hydrogen-bond donors (Lipinski definition) is 0. The van der Waals surface area contributed by atoms with Crippen molar-refractivity contribution >= 4 is 17.6 Å². The molecule has 0 aromatic heterocycles. The van der Waals surface area contributed by atoms with Gasteiger partial charge in [0, 0.05) is 10.9 Å². The zero-order valence-corrected chi connectivity index (χ0v) is 12.8. The van der Waals surface area contributed by atoms with Crippen molar-refractivity contribution in [3.05, 3.63) is 82.9 Å². The summed E-state index contributed by atoms with van der Waals surface area (Å²) in [6, 6.07) is 0. The van der Waals surface area contributed by atoms with Gasteiger partial charge in [0.15, 0.2) is 58.2 Å². The lowest BCUT2D eigenvalue weighted by Gasteiger charge is -2.16. The molecule has 0 fully saturated rings. The fourth-order valence-corrected chi connectivity index (χ4v) is 2.32. The van der Waals surface area contributed by atoms with E-state index in [0.29, 0.717) is 5.98 Å². The minimum Gasteiger partial charge on any atom is -0.204 e. The van der Waals surface area contributed by atoms with Crippen LogP contribution in [0, 0.1) is 58.2 Å². The molecule has 2 aromatic rings. The number of rotatable bonds is 4. The molecule has 0 bridgehead atoms. The average Bonchev–Trinajstić information content (AvgIpc) is 2.65. The van der Waals surface area contributed by atoms with E-state index in [2.05, 4.69) is 6.58 Å². The van der Waals surface area contributed by atoms with Crippen molar-refractivity contribution in [2.24, 2.45) is 0 Å². The highest BCUT2D eigenvalue weighted by Gasteiger charge is 2.38. The molecule has 0 saturated heterocycles. The van der Waals surface area contributed by atoms with Gasteiger partial charge in [0.1, 0.15) is 0 Å². The van der Waals surface area contributed by atoms with Crippen LogP contribution in [0.5, 0.6) is 0 Å². The van der Waals surface area contributed by atoms with Gasteiger partial charge in [-0.25, -0.2) is 43.9 Å². The van der Waals surface area contributed by atoms with Crippen LogP contribution >= 0.6 is 0 Å². The third-order valence-electron chi connectivity index (χ3n) is 3.55. The highest BCUT2D eigenvalue weighted by atomic mass is 19.2. The number of benzene rings is 2. The first-order chi connectivity index (χ1) is 12.6. The van der Waals surface area contributed by atoms with Crippen LogP contribution in [0.4, 0.5) is 43.9 Å². The molecular weight excluding hydrogens is 393 g/mol. The third kappa shape index (κ3) is 3.21. The van der Waals surface area contributed by atoms with Gasteiger partial charge >= 0.3 is 0 Å². The van der Waals surface area contributed by atoms with Gasteiger partial charge in [-0.1, -0.05) is 18.7 Å². The van der Waals surface area contributed by atoms with Crippen molar-refractivity contribution in [1.82, 2.24) is 0 Å². The predicted molar refractivity (Wildman–Crippen MR) is 76.8 cm³/mol. The Hall–Kier alpha value is -2.72. The Morgan fingerprint density at radius 1 is 0.481 bits per heavy atom. The molecule has 0 radical (unpaired) electrons. The maximum absolute atomic E-state index is 14.0. The summed E-state index contributed by atoms with van der Waals surface area (Å²) in [7, 11) is 0. The fourth-order valence-electron chi connectivity index (χ4n) is 2.32. The zero-order valence-electron chi connectivity index (χ0n) is 12.8. The predicted octanol–water partition coefficient (Wildman–Crippen LogP) is 3.97. The molecule has 11 heteroatoms. The maximum Gasteiger partial charge on any atom is 0.249 e. The number of hydrogen-bond acceptors (Lipinski definition) is 0. The van der Waals surface area contributed by atoms with Gasteiger partial charge in [-0.2, -0.15) is 0 Å². The van der Waals surface area contributed by atoms with Gasteiger partial charge in [0.25, 0.3) is 0 Å². The largest absolute Gasteiger partial charge is 0.249 e. The highest BCUT2D eigenvalue weighted by molar-refractivity contribution is 6.89. The highest BCUT2D eigenvalue weighted by Crippen LogP contribution is 2.20. The summed E-state index contributed by atoms with van der Waals surface area (Å²) in [6.07, 6.45) is 1.64. The molecule has 0 saturated carbocycles. The van der Waals surface area contributed by atoms with E-state index in [1.165, 1.54) is 0 Å². The maximum atomic E-state index is 14.0. The second kappa shape index (κ2) is 7.49. The van der Waals surface area contributed by atoms with Gasteiger partial charge in [0.05, 0.1) is 0 Å². The number of allylic oxidation sites excluding steroid dienone is 2. The number of halogens is 10. The van der Waals surface area contributed by atoms with Crippen LogP contribution in [0.1, 0.15) is 0 Å². The van der Waals surface area contributed by atoms with Gasteiger partial charge in [0.2, 0.25) is 6.71 Å². The SMILES string of the molecule is C=C/C=C/B(c1c(F)c(F)c(F)c(F)c1F)c1c(F)c(F)c(F)c(F)c1F. The average molecular weight is 398 g/mol. The van der Waals surface area contributed by atoms with E-state index in [4.69, 9.17) is 0 Å². The first-order valence-corrected chi connectivity index (χ1v) is 6.88. The first-order valence-electron chi connectivity index (χ1n) is 6.88. The van der Waals surface area contributed by atoms with E-state index >= 15 is 0 Å². The Morgan fingerprint density at radius 2 is 0.741 bits per heavy atom. The minimum absolute atomic E-state index is 0.462. The molecule has 0 aliphatic heterocycles. The molecule has 2 aromatic carbocycles. The summed E-state index contributed by atoms with van der Waals surface area (Å²) in [5, 5.41) is 0. The van der Waals surface area contributed by atoms with E-state index in [-0.39, 0.29) is 0 Å².